The number of halogens is 2. The van der Waals surface area contributed by atoms with Crippen molar-refractivity contribution >= 4 is 27.7 Å². The van der Waals surface area contributed by atoms with Crippen LogP contribution in [0, 0.1) is 17.7 Å². The fourth-order valence-corrected chi connectivity index (χ4v) is 3.85. The second-order valence-electron chi connectivity index (χ2n) is 7.48. The number of pyridine rings is 1. The summed E-state index contributed by atoms with van der Waals surface area (Å²) in [7, 11) is 0. The highest BCUT2D eigenvalue weighted by molar-refractivity contribution is 9.10. The van der Waals surface area contributed by atoms with Crippen LogP contribution in [0.4, 0.5) is 9.18 Å². The summed E-state index contributed by atoms with van der Waals surface area (Å²) >= 11 is 3.25. The van der Waals surface area contributed by atoms with Crippen molar-refractivity contribution in [2.24, 2.45) is 11.8 Å². The second-order valence-corrected chi connectivity index (χ2v) is 8.40. The van der Waals surface area contributed by atoms with Crippen molar-refractivity contribution < 1.29 is 13.9 Å². The predicted octanol–water partition coefficient (Wildman–Crippen LogP) is 3.21. The number of ether oxygens (including phenoxy) is 1. The molecule has 4 rings (SSSR count). The summed E-state index contributed by atoms with van der Waals surface area (Å²) in [5.74, 6) is 1.12. The molecule has 1 saturated heterocycles. The third-order valence-electron chi connectivity index (χ3n) is 4.52. The van der Waals surface area contributed by atoms with E-state index in [1.165, 1.54) is 10.6 Å². The largest absolute Gasteiger partial charge is 0.444 e. The fourth-order valence-electron chi connectivity index (χ4n) is 3.46. The van der Waals surface area contributed by atoms with Gasteiger partial charge in [0, 0.05) is 29.7 Å². The van der Waals surface area contributed by atoms with Crippen LogP contribution in [0.3, 0.4) is 0 Å². The van der Waals surface area contributed by atoms with Gasteiger partial charge in [-0.25, -0.2) is 18.7 Å². The fraction of sp³-hybridized carbons (Fsp3) is 0.562. The molecule has 0 bridgehead atoms. The smallest absolute Gasteiger partial charge is 0.410 e. The van der Waals surface area contributed by atoms with E-state index < -0.39 is 11.4 Å². The van der Waals surface area contributed by atoms with Gasteiger partial charge in [-0.3, -0.25) is 0 Å². The molecule has 2 aliphatic rings. The Morgan fingerprint density at radius 2 is 2.04 bits per heavy atom. The lowest BCUT2D eigenvalue weighted by Crippen LogP contribution is -2.36. The topological polar surface area (TPSA) is 59.7 Å². The van der Waals surface area contributed by atoms with E-state index in [1.54, 1.807) is 11.1 Å². The Bertz CT molecular complexity index is 819. The number of piperidine rings is 1. The van der Waals surface area contributed by atoms with E-state index >= 15 is 0 Å². The van der Waals surface area contributed by atoms with Gasteiger partial charge in [0.05, 0.1) is 0 Å². The van der Waals surface area contributed by atoms with Crippen molar-refractivity contribution in [2.75, 3.05) is 13.1 Å². The number of carbonyl (C=O) groups is 1. The number of amides is 1. The van der Waals surface area contributed by atoms with E-state index in [4.69, 9.17) is 4.74 Å². The molecular weight excluding hydrogens is 379 g/mol. The summed E-state index contributed by atoms with van der Waals surface area (Å²) < 4.78 is 21.4. The van der Waals surface area contributed by atoms with E-state index in [1.807, 2.05) is 20.8 Å². The van der Waals surface area contributed by atoms with Crippen LogP contribution in [0.5, 0.6) is 0 Å². The summed E-state index contributed by atoms with van der Waals surface area (Å²) in [4.78, 5) is 18.2. The zero-order valence-electron chi connectivity index (χ0n) is 13.7. The minimum atomic E-state index is -0.489. The standard InChI is InChI=1S/C16H18BrFN4O2/c1-16(2,3)24-15(23)21-6-9-10(7-21)12(9)13-19-14-11(18)4-8(17)5-22(14)20-13/h4-5,9-10,12H,6-7H2,1-3H3/t9-,10+,12?. The molecule has 2 fully saturated rings. The predicted molar refractivity (Wildman–Crippen MR) is 88.2 cm³/mol. The lowest BCUT2D eigenvalue weighted by atomic mass is 10.2. The van der Waals surface area contributed by atoms with Crippen LogP contribution >= 0.6 is 15.9 Å². The number of hydrogen-bond acceptors (Lipinski definition) is 4. The Kier molecular flexibility index (Phi) is 3.39. The molecule has 3 atom stereocenters. The second kappa shape index (κ2) is 5.15. The number of likely N-dealkylation sites (tertiary alicyclic amines) is 1. The minimum absolute atomic E-state index is 0.196. The molecule has 0 spiro atoms. The van der Waals surface area contributed by atoms with Gasteiger partial charge in [0.15, 0.2) is 17.3 Å². The monoisotopic (exact) mass is 396 g/mol. The van der Waals surface area contributed by atoms with Crippen LogP contribution in [0.1, 0.15) is 32.5 Å². The number of nitrogens with zero attached hydrogens (tertiary/aromatic N) is 4. The molecule has 2 aromatic heterocycles. The highest BCUT2D eigenvalue weighted by Gasteiger charge is 2.59. The molecule has 0 aromatic carbocycles. The Morgan fingerprint density at radius 1 is 1.38 bits per heavy atom. The van der Waals surface area contributed by atoms with Crippen LogP contribution < -0.4 is 0 Å². The number of aromatic nitrogens is 3. The maximum Gasteiger partial charge on any atom is 0.410 e. The third-order valence-corrected chi connectivity index (χ3v) is 4.95. The van der Waals surface area contributed by atoms with E-state index in [0.717, 1.165) is 0 Å². The Hall–Kier alpha value is -1.70. The highest BCUT2D eigenvalue weighted by atomic mass is 79.9. The maximum absolute atomic E-state index is 13.9. The molecule has 6 nitrogen and oxygen atoms in total. The minimum Gasteiger partial charge on any atom is -0.444 e. The summed E-state index contributed by atoms with van der Waals surface area (Å²) in [5, 5.41) is 4.41. The zero-order chi connectivity index (χ0) is 17.2. The first-order chi connectivity index (χ1) is 11.2. The summed E-state index contributed by atoms with van der Waals surface area (Å²) in [6.07, 6.45) is 1.42. The Balaban J connectivity index is 1.47. The third kappa shape index (κ3) is 2.66. The summed E-state index contributed by atoms with van der Waals surface area (Å²) in [6.45, 7) is 6.87. The van der Waals surface area contributed by atoms with Crippen molar-refractivity contribution in [2.45, 2.75) is 32.3 Å². The van der Waals surface area contributed by atoms with Crippen molar-refractivity contribution in [3.8, 4) is 0 Å². The average Bonchev–Trinajstić information content (AvgIpc) is 2.85. The number of rotatable bonds is 1. The number of fused-ring (bicyclic) bond motifs is 2. The van der Waals surface area contributed by atoms with Gasteiger partial charge >= 0.3 is 6.09 Å². The first kappa shape index (κ1) is 15.8. The van der Waals surface area contributed by atoms with Crippen molar-refractivity contribution in [1.82, 2.24) is 19.5 Å². The molecule has 3 heterocycles. The average molecular weight is 397 g/mol. The van der Waals surface area contributed by atoms with Gasteiger partial charge in [-0.1, -0.05) is 0 Å². The van der Waals surface area contributed by atoms with E-state index in [-0.39, 0.29) is 17.7 Å². The molecule has 1 amide bonds. The van der Waals surface area contributed by atoms with Crippen LogP contribution in [-0.2, 0) is 4.74 Å². The van der Waals surface area contributed by atoms with Crippen molar-refractivity contribution in [3.05, 3.63) is 28.4 Å². The molecular formula is C16H18BrFN4O2. The summed E-state index contributed by atoms with van der Waals surface area (Å²) in [6, 6.07) is 1.38. The number of hydrogen-bond donors (Lipinski definition) is 0. The molecule has 0 radical (unpaired) electrons. The lowest BCUT2D eigenvalue weighted by molar-refractivity contribution is 0.0270. The molecule has 128 valence electrons. The van der Waals surface area contributed by atoms with Gasteiger partial charge in [-0.15, -0.1) is 0 Å². The normalized spacial score (nSPS) is 25.9. The zero-order valence-corrected chi connectivity index (χ0v) is 15.2. The SMILES string of the molecule is CC(C)(C)OC(=O)N1C[C@@H]2C(c3nc4c(F)cc(Br)cn4n3)[C@@H]2C1. The molecule has 8 heteroatoms. The lowest BCUT2D eigenvalue weighted by Gasteiger charge is -2.25. The number of carbonyl (C=O) groups excluding carboxylic acids is 1. The molecule has 2 aromatic rings. The van der Waals surface area contributed by atoms with Gasteiger partial charge in [0.1, 0.15) is 5.60 Å². The molecule has 1 unspecified atom stereocenters. The molecule has 1 saturated carbocycles. The van der Waals surface area contributed by atoms with Crippen molar-refractivity contribution in [1.29, 1.82) is 0 Å². The molecule has 1 aliphatic heterocycles. The van der Waals surface area contributed by atoms with Gasteiger partial charge in [0.2, 0.25) is 0 Å². The first-order valence-electron chi connectivity index (χ1n) is 7.92. The Morgan fingerprint density at radius 3 is 2.67 bits per heavy atom. The van der Waals surface area contributed by atoms with Gasteiger partial charge < -0.3 is 9.64 Å². The van der Waals surface area contributed by atoms with E-state index in [0.29, 0.717) is 35.2 Å². The molecule has 0 N–H and O–H groups in total. The van der Waals surface area contributed by atoms with Gasteiger partial charge in [0.25, 0.3) is 0 Å². The van der Waals surface area contributed by atoms with E-state index in [2.05, 4.69) is 26.0 Å². The molecule has 24 heavy (non-hydrogen) atoms. The van der Waals surface area contributed by atoms with Crippen LogP contribution in [0.15, 0.2) is 16.7 Å². The van der Waals surface area contributed by atoms with Crippen LogP contribution in [0.25, 0.3) is 5.65 Å². The maximum atomic E-state index is 13.9. The van der Waals surface area contributed by atoms with Gasteiger partial charge in [-0.2, -0.15) is 5.10 Å². The van der Waals surface area contributed by atoms with Crippen molar-refractivity contribution in [3.63, 3.8) is 0 Å². The van der Waals surface area contributed by atoms with Crippen LogP contribution in [0.2, 0.25) is 0 Å². The van der Waals surface area contributed by atoms with E-state index in [9.17, 15) is 9.18 Å². The first-order valence-corrected chi connectivity index (χ1v) is 8.71. The van der Waals surface area contributed by atoms with Crippen LogP contribution in [-0.4, -0.2) is 44.3 Å². The van der Waals surface area contributed by atoms with Gasteiger partial charge in [-0.05, 0) is 54.6 Å². The molecule has 1 aliphatic carbocycles. The highest BCUT2D eigenvalue weighted by Crippen LogP contribution is 2.57. The summed E-state index contributed by atoms with van der Waals surface area (Å²) in [5.41, 5.74) is -0.251. The quantitative estimate of drug-likeness (QED) is 0.742. The Labute approximate surface area is 147 Å².